The van der Waals surface area contributed by atoms with Gasteiger partial charge in [-0.1, -0.05) is 18.3 Å². The van der Waals surface area contributed by atoms with Crippen LogP contribution in [0.25, 0.3) is 0 Å². The fourth-order valence-electron chi connectivity index (χ4n) is 1.81. The molecule has 86 valence electrons. The molecule has 1 fully saturated rings. The van der Waals surface area contributed by atoms with Crippen molar-refractivity contribution in [1.29, 1.82) is 0 Å². The van der Waals surface area contributed by atoms with E-state index in [1.807, 2.05) is 11.8 Å². The Morgan fingerprint density at radius 2 is 2.56 bits per heavy atom. The molecule has 0 spiro atoms. The van der Waals surface area contributed by atoms with Crippen LogP contribution in [0.5, 0.6) is 0 Å². The molecule has 1 aromatic heterocycles. The van der Waals surface area contributed by atoms with Crippen molar-refractivity contribution in [2.45, 2.75) is 19.4 Å². The van der Waals surface area contributed by atoms with Gasteiger partial charge in [0.25, 0.3) is 0 Å². The van der Waals surface area contributed by atoms with Gasteiger partial charge >= 0.3 is 0 Å². The van der Waals surface area contributed by atoms with Crippen molar-refractivity contribution in [2.24, 2.45) is 0 Å². The molecule has 0 aliphatic carbocycles. The van der Waals surface area contributed by atoms with E-state index >= 15 is 0 Å². The molecule has 1 atom stereocenters. The number of thiazole rings is 1. The molecule has 1 amide bonds. The topological polar surface area (TPSA) is 62.3 Å². The Morgan fingerprint density at radius 3 is 3.19 bits per heavy atom. The summed E-state index contributed by atoms with van der Waals surface area (Å²) in [6.07, 6.45) is 3.07. The molecule has 1 aliphatic heterocycles. The molecule has 6 heteroatoms. The molecular formula is C10H13N3O2S. The van der Waals surface area contributed by atoms with Gasteiger partial charge in [0.2, 0.25) is 5.91 Å². The highest BCUT2D eigenvalue weighted by molar-refractivity contribution is 7.17. The van der Waals surface area contributed by atoms with Crippen molar-refractivity contribution >= 4 is 28.7 Å². The van der Waals surface area contributed by atoms with Crippen LogP contribution >= 0.6 is 11.3 Å². The van der Waals surface area contributed by atoms with Crippen molar-refractivity contribution in [2.75, 3.05) is 18.0 Å². The Kier molecular flexibility index (Phi) is 3.19. The first-order valence-corrected chi connectivity index (χ1v) is 6.03. The molecule has 5 nitrogen and oxygen atoms in total. The van der Waals surface area contributed by atoms with Crippen LogP contribution in [-0.4, -0.2) is 36.3 Å². The average molecular weight is 239 g/mol. The van der Waals surface area contributed by atoms with Crippen molar-refractivity contribution in [1.82, 2.24) is 10.3 Å². The lowest BCUT2D eigenvalue weighted by Gasteiger charge is -2.34. The number of aromatic nitrogens is 1. The second-order valence-electron chi connectivity index (χ2n) is 3.57. The largest absolute Gasteiger partial charge is 0.353 e. The predicted octanol–water partition coefficient (Wildman–Crippen LogP) is 0.670. The number of nitrogens with one attached hydrogen (secondary N) is 1. The van der Waals surface area contributed by atoms with E-state index in [0.29, 0.717) is 11.4 Å². The van der Waals surface area contributed by atoms with Gasteiger partial charge in [-0.15, -0.1) is 0 Å². The van der Waals surface area contributed by atoms with E-state index in [4.69, 9.17) is 0 Å². The summed E-state index contributed by atoms with van der Waals surface area (Å²) >= 11 is 1.33. The van der Waals surface area contributed by atoms with Gasteiger partial charge in [-0.2, -0.15) is 0 Å². The molecule has 2 rings (SSSR count). The van der Waals surface area contributed by atoms with Gasteiger partial charge in [-0.3, -0.25) is 9.59 Å². The van der Waals surface area contributed by atoms with Crippen LogP contribution in [0, 0.1) is 0 Å². The summed E-state index contributed by atoms with van der Waals surface area (Å²) in [6, 6.07) is -0.167. The van der Waals surface area contributed by atoms with Crippen molar-refractivity contribution in [3.63, 3.8) is 0 Å². The highest BCUT2D eigenvalue weighted by Crippen LogP contribution is 2.25. The van der Waals surface area contributed by atoms with Crippen LogP contribution in [-0.2, 0) is 4.79 Å². The normalized spacial score (nSPS) is 20.7. The van der Waals surface area contributed by atoms with Crippen molar-refractivity contribution in [3.8, 4) is 0 Å². The van der Waals surface area contributed by atoms with Crippen LogP contribution in [0.4, 0.5) is 5.13 Å². The Hall–Kier alpha value is -1.43. The molecular weight excluding hydrogens is 226 g/mol. The van der Waals surface area contributed by atoms with E-state index in [9.17, 15) is 9.59 Å². The third-order valence-electron chi connectivity index (χ3n) is 2.59. The second-order valence-corrected chi connectivity index (χ2v) is 4.61. The first-order valence-electron chi connectivity index (χ1n) is 5.21. The van der Waals surface area contributed by atoms with Gasteiger partial charge in [-0.25, -0.2) is 4.98 Å². The molecule has 1 saturated heterocycles. The van der Waals surface area contributed by atoms with E-state index in [1.165, 1.54) is 11.3 Å². The van der Waals surface area contributed by atoms with Gasteiger partial charge in [0, 0.05) is 13.1 Å². The Morgan fingerprint density at radius 1 is 1.75 bits per heavy atom. The number of nitrogens with zero attached hydrogens (tertiary/aromatic N) is 2. The number of anilines is 1. The third-order valence-corrected chi connectivity index (χ3v) is 3.55. The SMILES string of the molecule is CCC1C(=O)NCCN1c1ncc(C=O)s1. The lowest BCUT2D eigenvalue weighted by atomic mass is 10.1. The Balaban J connectivity index is 2.23. The quantitative estimate of drug-likeness (QED) is 0.787. The molecule has 0 aromatic carbocycles. The molecule has 0 saturated carbocycles. The molecule has 1 N–H and O–H groups in total. The van der Waals surface area contributed by atoms with E-state index < -0.39 is 0 Å². The Labute approximate surface area is 97.5 Å². The second kappa shape index (κ2) is 4.61. The van der Waals surface area contributed by atoms with Crippen LogP contribution < -0.4 is 10.2 Å². The minimum absolute atomic E-state index is 0.0385. The van der Waals surface area contributed by atoms with Gasteiger partial charge in [0.1, 0.15) is 6.04 Å². The number of carbonyl (C=O) groups is 2. The van der Waals surface area contributed by atoms with Crippen LogP contribution in [0.3, 0.4) is 0 Å². The molecule has 1 aliphatic rings. The summed E-state index contributed by atoms with van der Waals surface area (Å²) in [6.45, 7) is 3.35. The molecule has 0 bridgehead atoms. The summed E-state index contributed by atoms with van der Waals surface area (Å²) < 4.78 is 0. The summed E-state index contributed by atoms with van der Waals surface area (Å²) in [4.78, 5) is 29.0. The van der Waals surface area contributed by atoms with Gasteiger partial charge < -0.3 is 10.2 Å². The van der Waals surface area contributed by atoms with Crippen LogP contribution in [0.1, 0.15) is 23.0 Å². The molecule has 1 unspecified atom stereocenters. The smallest absolute Gasteiger partial charge is 0.242 e. The Bertz CT molecular complexity index is 405. The maximum absolute atomic E-state index is 11.6. The first kappa shape index (κ1) is 11.1. The van der Waals surface area contributed by atoms with Crippen LogP contribution in [0.2, 0.25) is 0 Å². The van der Waals surface area contributed by atoms with E-state index in [1.54, 1.807) is 6.20 Å². The van der Waals surface area contributed by atoms with Crippen molar-refractivity contribution in [3.05, 3.63) is 11.1 Å². The predicted molar refractivity (Wildman–Crippen MR) is 61.9 cm³/mol. The molecule has 1 aromatic rings. The first-order chi connectivity index (χ1) is 7.76. The lowest BCUT2D eigenvalue weighted by Crippen LogP contribution is -2.55. The van der Waals surface area contributed by atoms with Gasteiger partial charge in [0.15, 0.2) is 11.4 Å². The minimum Gasteiger partial charge on any atom is -0.353 e. The number of carbonyl (C=O) groups excluding carboxylic acids is 2. The summed E-state index contributed by atoms with van der Waals surface area (Å²) in [5.41, 5.74) is 0. The molecule has 2 heterocycles. The zero-order chi connectivity index (χ0) is 11.5. The number of amides is 1. The zero-order valence-corrected chi connectivity index (χ0v) is 9.79. The van der Waals surface area contributed by atoms with E-state index in [2.05, 4.69) is 10.3 Å². The number of hydrogen-bond donors (Lipinski definition) is 1. The van der Waals surface area contributed by atoms with Crippen molar-refractivity contribution < 1.29 is 9.59 Å². The fourth-order valence-corrected chi connectivity index (χ4v) is 2.62. The fraction of sp³-hybridized carbons (Fsp3) is 0.500. The monoisotopic (exact) mass is 239 g/mol. The lowest BCUT2D eigenvalue weighted by molar-refractivity contribution is -0.123. The molecule has 0 radical (unpaired) electrons. The zero-order valence-electron chi connectivity index (χ0n) is 8.97. The number of rotatable bonds is 3. The highest BCUT2D eigenvalue weighted by atomic mass is 32.1. The number of hydrogen-bond acceptors (Lipinski definition) is 5. The number of aldehydes is 1. The van der Waals surface area contributed by atoms with Crippen LogP contribution in [0.15, 0.2) is 6.20 Å². The van der Waals surface area contributed by atoms with Gasteiger partial charge in [-0.05, 0) is 6.42 Å². The summed E-state index contributed by atoms with van der Waals surface area (Å²) in [5, 5.41) is 3.58. The van der Waals surface area contributed by atoms with Gasteiger partial charge in [0.05, 0.1) is 11.1 Å². The maximum Gasteiger partial charge on any atom is 0.242 e. The van der Waals surface area contributed by atoms with E-state index in [0.717, 1.165) is 24.4 Å². The van der Waals surface area contributed by atoms with E-state index in [-0.39, 0.29) is 11.9 Å². The number of piperazine rings is 1. The third kappa shape index (κ3) is 1.92. The average Bonchev–Trinajstić information content (AvgIpc) is 2.77. The molecule has 16 heavy (non-hydrogen) atoms. The minimum atomic E-state index is -0.167. The highest BCUT2D eigenvalue weighted by Gasteiger charge is 2.29. The standard InChI is InChI=1S/C10H13N3O2S/c1-2-8-9(15)11-3-4-13(8)10-12-5-7(6-14)16-10/h5-6,8H,2-4H2,1H3,(H,11,15). The maximum atomic E-state index is 11.6. The summed E-state index contributed by atoms with van der Waals surface area (Å²) in [7, 11) is 0. The summed E-state index contributed by atoms with van der Waals surface area (Å²) in [5.74, 6) is 0.0385.